The van der Waals surface area contributed by atoms with Gasteiger partial charge in [-0.25, -0.2) is 9.97 Å². The molecule has 0 radical (unpaired) electrons. The van der Waals surface area contributed by atoms with Gasteiger partial charge >= 0.3 is 0 Å². The van der Waals surface area contributed by atoms with Crippen LogP contribution in [0.5, 0.6) is 0 Å². The predicted octanol–water partition coefficient (Wildman–Crippen LogP) is 2.19. The number of nitrogens with zero attached hydrogens (tertiary/aromatic N) is 2. The Morgan fingerprint density at radius 2 is 2.22 bits per heavy atom. The average Bonchev–Trinajstić information content (AvgIpc) is 2.41. The molecular formula is C12H20N4S2. The van der Waals surface area contributed by atoms with Crippen molar-refractivity contribution in [3.8, 4) is 0 Å². The zero-order valence-electron chi connectivity index (χ0n) is 10.9. The van der Waals surface area contributed by atoms with E-state index in [1.54, 1.807) is 0 Å². The molecule has 6 heteroatoms. The van der Waals surface area contributed by atoms with Crippen LogP contribution in [-0.2, 0) is 6.42 Å². The number of hydrogen-bond donors (Lipinski definition) is 2. The Morgan fingerprint density at radius 1 is 1.39 bits per heavy atom. The normalized spacial score (nSPS) is 19.8. The smallest absolute Gasteiger partial charge is 0.134 e. The van der Waals surface area contributed by atoms with Gasteiger partial charge in [0.2, 0.25) is 0 Å². The Morgan fingerprint density at radius 3 is 2.89 bits per heavy atom. The number of aromatic nitrogens is 2. The van der Waals surface area contributed by atoms with Gasteiger partial charge in [-0.3, -0.25) is 0 Å². The third-order valence-electron chi connectivity index (χ3n) is 2.93. The monoisotopic (exact) mass is 284 g/mol. The topological polar surface area (TPSA) is 63.8 Å². The van der Waals surface area contributed by atoms with Gasteiger partial charge in [0.05, 0.1) is 0 Å². The van der Waals surface area contributed by atoms with Crippen LogP contribution in [0.1, 0.15) is 18.3 Å². The number of rotatable bonds is 4. The summed E-state index contributed by atoms with van der Waals surface area (Å²) in [7, 11) is 0. The predicted molar refractivity (Wildman–Crippen MR) is 82.6 cm³/mol. The number of nitrogens with one attached hydrogen (secondary N) is 1. The quantitative estimate of drug-likeness (QED) is 0.883. The average molecular weight is 284 g/mol. The summed E-state index contributed by atoms with van der Waals surface area (Å²) in [5.74, 6) is 6.05. The van der Waals surface area contributed by atoms with Crippen LogP contribution in [0.25, 0.3) is 0 Å². The maximum atomic E-state index is 5.91. The van der Waals surface area contributed by atoms with E-state index in [4.69, 9.17) is 5.73 Å². The molecule has 0 saturated carbocycles. The van der Waals surface area contributed by atoms with Crippen molar-refractivity contribution in [1.29, 1.82) is 0 Å². The van der Waals surface area contributed by atoms with E-state index in [-0.39, 0.29) is 0 Å². The molecule has 3 N–H and O–H groups in total. The number of hydrogen-bond acceptors (Lipinski definition) is 6. The minimum absolute atomic E-state index is 0.593. The SMILES string of the molecule is CCc1nc(N)c(C)c(NCC2CSCCS2)n1. The number of nitrogen functional groups attached to an aromatic ring is 1. The first kappa shape index (κ1) is 13.8. The molecule has 18 heavy (non-hydrogen) atoms. The summed E-state index contributed by atoms with van der Waals surface area (Å²) < 4.78 is 0. The molecule has 1 saturated heterocycles. The molecule has 1 aliphatic rings. The first-order chi connectivity index (χ1) is 8.70. The highest BCUT2D eigenvalue weighted by molar-refractivity contribution is 8.06. The first-order valence-electron chi connectivity index (χ1n) is 6.27. The number of nitrogens with two attached hydrogens (primary N) is 1. The zero-order chi connectivity index (χ0) is 13.0. The van der Waals surface area contributed by atoms with Gasteiger partial charge < -0.3 is 11.1 Å². The molecule has 1 aromatic heterocycles. The van der Waals surface area contributed by atoms with Crippen LogP contribution in [-0.4, -0.2) is 39.0 Å². The van der Waals surface area contributed by atoms with Crippen LogP contribution in [0, 0.1) is 6.92 Å². The van der Waals surface area contributed by atoms with Crippen molar-refractivity contribution in [3.63, 3.8) is 0 Å². The maximum absolute atomic E-state index is 5.91. The molecule has 0 aliphatic carbocycles. The van der Waals surface area contributed by atoms with E-state index in [0.29, 0.717) is 11.1 Å². The van der Waals surface area contributed by atoms with Crippen molar-refractivity contribution >= 4 is 35.2 Å². The van der Waals surface area contributed by atoms with Crippen LogP contribution in [0.15, 0.2) is 0 Å². The lowest BCUT2D eigenvalue weighted by Crippen LogP contribution is -2.24. The molecule has 2 heterocycles. The van der Waals surface area contributed by atoms with Crippen LogP contribution in [0.3, 0.4) is 0 Å². The highest BCUT2D eigenvalue weighted by atomic mass is 32.2. The molecular weight excluding hydrogens is 264 g/mol. The van der Waals surface area contributed by atoms with Crippen molar-refractivity contribution in [1.82, 2.24) is 9.97 Å². The standard InChI is InChI=1S/C12H20N4S2/c1-3-10-15-11(13)8(2)12(16-10)14-6-9-7-17-4-5-18-9/h9H,3-7H2,1-2H3,(H3,13,14,15,16). The zero-order valence-corrected chi connectivity index (χ0v) is 12.5. The third-order valence-corrected chi connectivity index (χ3v) is 5.77. The molecule has 0 spiro atoms. The lowest BCUT2D eigenvalue weighted by Gasteiger charge is -2.22. The molecule has 2 rings (SSSR count). The van der Waals surface area contributed by atoms with E-state index >= 15 is 0 Å². The Labute approximate surface area is 117 Å². The third kappa shape index (κ3) is 3.45. The molecule has 1 fully saturated rings. The second kappa shape index (κ2) is 6.52. The largest absolute Gasteiger partial charge is 0.383 e. The summed E-state index contributed by atoms with van der Waals surface area (Å²) in [6.07, 6.45) is 0.813. The minimum atomic E-state index is 0.593. The Balaban J connectivity index is 2.01. The van der Waals surface area contributed by atoms with Crippen LogP contribution in [0.4, 0.5) is 11.6 Å². The van der Waals surface area contributed by atoms with E-state index in [0.717, 1.165) is 30.2 Å². The highest BCUT2D eigenvalue weighted by Gasteiger charge is 2.15. The molecule has 1 unspecified atom stereocenters. The number of anilines is 2. The van der Waals surface area contributed by atoms with Gasteiger partial charge in [-0.15, -0.1) is 0 Å². The molecule has 4 nitrogen and oxygen atoms in total. The van der Waals surface area contributed by atoms with E-state index in [2.05, 4.69) is 15.3 Å². The Bertz CT molecular complexity index is 405. The Kier molecular flexibility index (Phi) is 5.00. The van der Waals surface area contributed by atoms with E-state index < -0.39 is 0 Å². The summed E-state index contributed by atoms with van der Waals surface area (Å²) in [4.78, 5) is 8.78. The summed E-state index contributed by atoms with van der Waals surface area (Å²) in [5.41, 5.74) is 6.86. The van der Waals surface area contributed by atoms with Crippen molar-refractivity contribution in [3.05, 3.63) is 11.4 Å². The fourth-order valence-corrected chi connectivity index (χ4v) is 4.39. The minimum Gasteiger partial charge on any atom is -0.383 e. The second-order valence-corrected chi connectivity index (χ2v) is 6.86. The van der Waals surface area contributed by atoms with Gasteiger partial charge in [-0.2, -0.15) is 23.5 Å². The molecule has 1 aliphatic heterocycles. The lowest BCUT2D eigenvalue weighted by molar-refractivity contribution is 0.919. The summed E-state index contributed by atoms with van der Waals surface area (Å²) in [5, 5.41) is 4.10. The molecule has 0 amide bonds. The van der Waals surface area contributed by atoms with Crippen LogP contribution >= 0.6 is 23.5 Å². The maximum Gasteiger partial charge on any atom is 0.134 e. The molecule has 0 bridgehead atoms. The molecule has 1 aromatic rings. The number of aryl methyl sites for hydroxylation is 1. The van der Waals surface area contributed by atoms with E-state index in [1.165, 1.54) is 17.3 Å². The fraction of sp³-hybridized carbons (Fsp3) is 0.667. The molecule has 1 atom stereocenters. The number of thioether (sulfide) groups is 2. The van der Waals surface area contributed by atoms with Crippen LogP contribution < -0.4 is 11.1 Å². The second-order valence-electron chi connectivity index (χ2n) is 4.30. The summed E-state index contributed by atoms with van der Waals surface area (Å²) in [6, 6.07) is 0. The summed E-state index contributed by atoms with van der Waals surface area (Å²) in [6.45, 7) is 4.97. The van der Waals surface area contributed by atoms with Crippen molar-refractivity contribution in [2.45, 2.75) is 25.5 Å². The van der Waals surface area contributed by atoms with Gasteiger partial charge in [0.25, 0.3) is 0 Å². The molecule has 0 aromatic carbocycles. The van der Waals surface area contributed by atoms with Crippen LogP contribution in [0.2, 0.25) is 0 Å². The van der Waals surface area contributed by atoms with Gasteiger partial charge in [0.15, 0.2) is 0 Å². The summed E-state index contributed by atoms with van der Waals surface area (Å²) >= 11 is 4.08. The van der Waals surface area contributed by atoms with Crippen molar-refractivity contribution < 1.29 is 0 Å². The molecule has 100 valence electrons. The fourth-order valence-electron chi connectivity index (χ4n) is 1.78. The Hall–Kier alpha value is -0.620. The van der Waals surface area contributed by atoms with Crippen molar-refractivity contribution in [2.75, 3.05) is 34.9 Å². The van der Waals surface area contributed by atoms with E-state index in [9.17, 15) is 0 Å². The first-order valence-corrected chi connectivity index (χ1v) is 8.47. The van der Waals surface area contributed by atoms with Gasteiger partial charge in [0, 0.05) is 41.0 Å². The van der Waals surface area contributed by atoms with Crippen molar-refractivity contribution in [2.24, 2.45) is 0 Å². The van der Waals surface area contributed by atoms with Gasteiger partial charge in [0.1, 0.15) is 17.5 Å². The highest BCUT2D eigenvalue weighted by Crippen LogP contribution is 2.25. The van der Waals surface area contributed by atoms with E-state index in [1.807, 2.05) is 37.4 Å². The van der Waals surface area contributed by atoms with Gasteiger partial charge in [-0.05, 0) is 6.92 Å². The lowest BCUT2D eigenvalue weighted by atomic mass is 10.3. The van der Waals surface area contributed by atoms with Gasteiger partial charge in [-0.1, -0.05) is 6.92 Å².